The zero-order valence-electron chi connectivity index (χ0n) is 18.8. The summed E-state index contributed by atoms with van der Waals surface area (Å²) in [6, 6.07) is 11.3. The van der Waals surface area contributed by atoms with Crippen LogP contribution >= 0.6 is 11.8 Å². The van der Waals surface area contributed by atoms with E-state index in [-0.39, 0.29) is 11.8 Å². The van der Waals surface area contributed by atoms with Crippen LogP contribution in [0.15, 0.2) is 41.5 Å². The first-order valence-electron chi connectivity index (χ1n) is 10.1. The van der Waals surface area contributed by atoms with Crippen LogP contribution in [0.4, 0.5) is 0 Å². The summed E-state index contributed by atoms with van der Waals surface area (Å²) in [6.07, 6.45) is 0. The van der Waals surface area contributed by atoms with E-state index < -0.39 is 5.37 Å². The predicted octanol–water partition coefficient (Wildman–Crippen LogP) is 3.77. The Bertz CT molecular complexity index is 1040. The summed E-state index contributed by atoms with van der Waals surface area (Å²) in [6.45, 7) is 7.58. The van der Waals surface area contributed by atoms with Crippen molar-refractivity contribution < 1.29 is 23.8 Å². The third-order valence-corrected chi connectivity index (χ3v) is 5.90. The maximum atomic E-state index is 12.2. The first kappa shape index (κ1) is 23.5. The molecule has 1 N–H and O–H groups in total. The van der Waals surface area contributed by atoms with Gasteiger partial charge in [0.2, 0.25) is 11.8 Å². The molecule has 1 aliphatic rings. The minimum absolute atomic E-state index is 0.255. The van der Waals surface area contributed by atoms with Crippen LogP contribution in [0.2, 0.25) is 0 Å². The molecule has 3 rings (SSSR count). The van der Waals surface area contributed by atoms with E-state index in [0.29, 0.717) is 35.4 Å². The Morgan fingerprint density at radius 3 is 2.41 bits per heavy atom. The number of carbonyl (C=O) groups excluding carboxylic acids is 2. The fraction of sp³-hybridized carbons (Fsp3) is 0.348. The van der Waals surface area contributed by atoms with Crippen LogP contribution in [0.3, 0.4) is 0 Å². The number of carbonyl (C=O) groups is 2. The molecule has 32 heavy (non-hydrogen) atoms. The highest BCUT2D eigenvalue weighted by molar-refractivity contribution is 8.14. The number of methoxy groups -OCH3 is 1. The number of thioether (sulfide) groups is 1. The molecule has 0 saturated heterocycles. The molecule has 0 fully saturated rings. The van der Waals surface area contributed by atoms with E-state index in [4.69, 9.17) is 14.2 Å². The van der Waals surface area contributed by atoms with Gasteiger partial charge in [0.1, 0.15) is 35.8 Å². The third kappa shape index (κ3) is 5.73. The molecule has 0 bridgehead atoms. The average Bonchev–Trinajstić information content (AvgIpc) is 3.17. The standard InChI is InChI=1S/C23H27N3O5S/c1-14-6-7-19(12-15(14)2)30-10-11-31-21-9-8-18(29-5)13-20(21)22-26(17(4)28)25-23(32-22)24-16(3)27/h6-9,12-13,22H,10-11H2,1-5H3,(H,24,25,27)/t22-/m0/s1. The Morgan fingerprint density at radius 1 is 1.03 bits per heavy atom. The number of amides is 2. The normalized spacial score (nSPS) is 15.2. The van der Waals surface area contributed by atoms with Crippen LogP contribution in [0.25, 0.3) is 0 Å². The van der Waals surface area contributed by atoms with Crippen molar-refractivity contribution >= 4 is 28.7 Å². The van der Waals surface area contributed by atoms with Gasteiger partial charge in [-0.2, -0.15) is 0 Å². The number of nitrogens with zero attached hydrogens (tertiary/aromatic N) is 2. The number of hydrogen-bond acceptors (Lipinski definition) is 7. The van der Waals surface area contributed by atoms with E-state index in [0.717, 1.165) is 5.75 Å². The van der Waals surface area contributed by atoms with Crippen molar-refractivity contribution in [1.29, 1.82) is 0 Å². The van der Waals surface area contributed by atoms with E-state index in [1.54, 1.807) is 25.3 Å². The second-order valence-corrected chi connectivity index (χ2v) is 8.34. The molecule has 0 unspecified atom stereocenters. The summed E-state index contributed by atoms with van der Waals surface area (Å²) < 4.78 is 17.2. The zero-order valence-corrected chi connectivity index (χ0v) is 19.6. The van der Waals surface area contributed by atoms with Gasteiger partial charge in [0.25, 0.3) is 0 Å². The Morgan fingerprint density at radius 2 is 1.75 bits per heavy atom. The van der Waals surface area contributed by atoms with Crippen molar-refractivity contribution in [2.75, 3.05) is 20.3 Å². The van der Waals surface area contributed by atoms with E-state index in [1.807, 2.05) is 25.1 Å². The highest BCUT2D eigenvalue weighted by atomic mass is 32.2. The summed E-state index contributed by atoms with van der Waals surface area (Å²) in [5.74, 6) is 1.48. The van der Waals surface area contributed by atoms with Crippen molar-refractivity contribution in [1.82, 2.24) is 10.3 Å². The fourth-order valence-corrected chi connectivity index (χ4v) is 4.21. The number of amidine groups is 1. The molecule has 170 valence electrons. The van der Waals surface area contributed by atoms with E-state index in [1.165, 1.54) is 41.7 Å². The Balaban J connectivity index is 1.74. The van der Waals surface area contributed by atoms with Gasteiger partial charge in [-0.3, -0.25) is 9.59 Å². The van der Waals surface area contributed by atoms with E-state index >= 15 is 0 Å². The van der Waals surface area contributed by atoms with E-state index in [9.17, 15) is 9.59 Å². The zero-order chi connectivity index (χ0) is 23.3. The molecule has 8 nitrogen and oxygen atoms in total. The Labute approximate surface area is 191 Å². The molecule has 2 aromatic carbocycles. The Hall–Kier alpha value is -3.20. The van der Waals surface area contributed by atoms with Gasteiger partial charge in [0, 0.05) is 19.4 Å². The maximum absolute atomic E-state index is 12.2. The maximum Gasteiger partial charge on any atom is 0.241 e. The number of nitrogens with one attached hydrogen (secondary N) is 1. The molecule has 1 heterocycles. The summed E-state index contributed by atoms with van der Waals surface area (Å²) in [5, 5.41) is 8.06. The summed E-state index contributed by atoms with van der Waals surface area (Å²) in [4.78, 5) is 23.6. The largest absolute Gasteiger partial charge is 0.497 e. The van der Waals surface area contributed by atoms with Gasteiger partial charge in [-0.15, -0.1) is 5.10 Å². The SMILES string of the molecule is COc1ccc(OCCOc2ccc(C)c(C)c2)c([C@@H]2SC(NC(C)=O)=NN2C(C)=O)c1. The molecule has 9 heteroatoms. The molecular formula is C23H27N3O5S. The van der Waals surface area contributed by atoms with Gasteiger partial charge in [0.15, 0.2) is 5.17 Å². The molecule has 1 aliphatic heterocycles. The number of hydrogen-bond donors (Lipinski definition) is 1. The lowest BCUT2D eigenvalue weighted by atomic mass is 10.1. The number of benzene rings is 2. The minimum atomic E-state index is -0.500. The van der Waals surface area contributed by atoms with Crippen LogP contribution in [0.1, 0.15) is 35.9 Å². The van der Waals surface area contributed by atoms with Crippen molar-refractivity contribution in [2.24, 2.45) is 5.10 Å². The number of aryl methyl sites for hydroxylation is 2. The molecular weight excluding hydrogens is 430 g/mol. The first-order chi connectivity index (χ1) is 15.3. The van der Waals surface area contributed by atoms with Crippen LogP contribution in [0, 0.1) is 13.8 Å². The van der Waals surface area contributed by atoms with Gasteiger partial charge in [-0.05, 0) is 55.3 Å². The van der Waals surface area contributed by atoms with Crippen LogP contribution < -0.4 is 19.5 Å². The Kier molecular flexibility index (Phi) is 7.63. The van der Waals surface area contributed by atoms with Gasteiger partial charge >= 0.3 is 0 Å². The van der Waals surface area contributed by atoms with Crippen LogP contribution in [0.5, 0.6) is 17.2 Å². The molecule has 0 spiro atoms. The molecule has 1 atom stereocenters. The van der Waals surface area contributed by atoms with Gasteiger partial charge < -0.3 is 19.5 Å². The predicted molar refractivity (Wildman–Crippen MR) is 124 cm³/mol. The second kappa shape index (κ2) is 10.4. The van der Waals surface area contributed by atoms with E-state index in [2.05, 4.69) is 17.3 Å². The monoisotopic (exact) mass is 457 g/mol. The molecule has 0 aliphatic carbocycles. The summed E-state index contributed by atoms with van der Waals surface area (Å²) in [5.41, 5.74) is 3.08. The van der Waals surface area contributed by atoms with Gasteiger partial charge in [-0.25, -0.2) is 5.01 Å². The van der Waals surface area contributed by atoms with Crippen LogP contribution in [-0.4, -0.2) is 42.3 Å². The first-order valence-corrected chi connectivity index (χ1v) is 11.0. The lowest BCUT2D eigenvalue weighted by Gasteiger charge is -2.22. The highest BCUT2D eigenvalue weighted by Crippen LogP contribution is 2.43. The van der Waals surface area contributed by atoms with Crippen molar-refractivity contribution in [3.8, 4) is 17.2 Å². The van der Waals surface area contributed by atoms with Gasteiger partial charge in [0.05, 0.1) is 7.11 Å². The molecule has 2 amide bonds. The number of ether oxygens (including phenoxy) is 3. The summed E-state index contributed by atoms with van der Waals surface area (Å²) in [7, 11) is 1.57. The lowest BCUT2D eigenvalue weighted by molar-refractivity contribution is -0.129. The number of rotatable bonds is 7. The second-order valence-electron chi connectivity index (χ2n) is 7.27. The highest BCUT2D eigenvalue weighted by Gasteiger charge is 2.34. The average molecular weight is 458 g/mol. The quantitative estimate of drug-likeness (QED) is 0.637. The smallest absolute Gasteiger partial charge is 0.241 e. The third-order valence-electron chi connectivity index (χ3n) is 4.82. The van der Waals surface area contributed by atoms with Gasteiger partial charge in [-0.1, -0.05) is 17.8 Å². The molecule has 0 aromatic heterocycles. The molecule has 0 saturated carbocycles. The van der Waals surface area contributed by atoms with Crippen molar-refractivity contribution in [2.45, 2.75) is 33.1 Å². The fourth-order valence-electron chi connectivity index (χ4n) is 3.06. The number of hydrazone groups is 1. The lowest BCUT2D eigenvalue weighted by Crippen LogP contribution is -2.25. The minimum Gasteiger partial charge on any atom is -0.497 e. The van der Waals surface area contributed by atoms with Crippen molar-refractivity contribution in [3.05, 3.63) is 53.1 Å². The topological polar surface area (TPSA) is 89.5 Å². The van der Waals surface area contributed by atoms with Crippen molar-refractivity contribution in [3.63, 3.8) is 0 Å². The molecule has 0 radical (unpaired) electrons. The molecule has 2 aromatic rings. The summed E-state index contributed by atoms with van der Waals surface area (Å²) >= 11 is 1.26. The van der Waals surface area contributed by atoms with Crippen LogP contribution in [-0.2, 0) is 9.59 Å².